The minimum atomic E-state index is 0.639. The maximum atomic E-state index is 9.31. The smallest absolute Gasteiger partial charge is 0.117 e. The van der Waals surface area contributed by atoms with Gasteiger partial charge in [0.1, 0.15) is 5.71 Å². The Labute approximate surface area is 108 Å². The van der Waals surface area contributed by atoms with E-state index in [-0.39, 0.29) is 0 Å². The zero-order valence-electron chi connectivity index (χ0n) is 10.5. The molecule has 0 unspecified atom stereocenters. The van der Waals surface area contributed by atoms with Crippen LogP contribution in [0.5, 0.6) is 0 Å². The van der Waals surface area contributed by atoms with Crippen molar-refractivity contribution in [2.24, 2.45) is 5.16 Å². The fraction of sp³-hybridized carbons (Fsp3) is 0.188. The van der Waals surface area contributed by atoms with Crippen molar-refractivity contribution in [3.05, 3.63) is 71.3 Å². The van der Waals surface area contributed by atoms with Crippen molar-refractivity contribution in [3.8, 4) is 0 Å². The Hall–Kier alpha value is -2.09. The Balaban J connectivity index is 2.46. The van der Waals surface area contributed by atoms with Crippen molar-refractivity contribution in [1.29, 1.82) is 0 Å². The molecule has 0 aliphatic carbocycles. The molecule has 0 atom stereocenters. The number of hydrogen-bond donors (Lipinski definition) is 1. The second-order valence-electron chi connectivity index (χ2n) is 4.22. The van der Waals surface area contributed by atoms with Gasteiger partial charge >= 0.3 is 0 Å². The highest BCUT2D eigenvalue weighted by Gasteiger charge is 2.10. The minimum Gasteiger partial charge on any atom is -0.410 e. The first-order chi connectivity index (χ1) is 8.86. The fourth-order valence-electron chi connectivity index (χ4n) is 2.10. The van der Waals surface area contributed by atoms with E-state index in [2.05, 4.69) is 18.1 Å². The molecule has 0 saturated carbocycles. The molecule has 2 heteroatoms. The second kappa shape index (κ2) is 6.01. The summed E-state index contributed by atoms with van der Waals surface area (Å²) < 4.78 is 0. The van der Waals surface area contributed by atoms with E-state index in [1.165, 1.54) is 5.56 Å². The minimum absolute atomic E-state index is 0.639. The third kappa shape index (κ3) is 2.59. The van der Waals surface area contributed by atoms with Crippen LogP contribution < -0.4 is 0 Å². The zero-order chi connectivity index (χ0) is 12.8. The van der Waals surface area contributed by atoms with Gasteiger partial charge in [-0.25, -0.2) is 0 Å². The molecule has 0 saturated heterocycles. The molecule has 0 aliphatic rings. The van der Waals surface area contributed by atoms with E-state index in [1.54, 1.807) is 0 Å². The van der Waals surface area contributed by atoms with Gasteiger partial charge in [0.05, 0.1) is 0 Å². The van der Waals surface area contributed by atoms with Gasteiger partial charge in [-0.15, -0.1) is 0 Å². The first kappa shape index (κ1) is 12.4. The van der Waals surface area contributed by atoms with Gasteiger partial charge in [-0.2, -0.15) is 0 Å². The molecule has 0 radical (unpaired) electrons. The topological polar surface area (TPSA) is 32.6 Å². The lowest BCUT2D eigenvalue weighted by molar-refractivity contribution is 0.319. The Bertz CT molecular complexity index is 532. The van der Waals surface area contributed by atoms with Gasteiger partial charge in [-0.1, -0.05) is 73.1 Å². The molecule has 1 N–H and O–H groups in total. The van der Waals surface area contributed by atoms with Crippen molar-refractivity contribution in [3.63, 3.8) is 0 Å². The van der Waals surface area contributed by atoms with Gasteiger partial charge in [0.15, 0.2) is 0 Å². The van der Waals surface area contributed by atoms with Crippen LogP contribution in [0.4, 0.5) is 0 Å². The maximum absolute atomic E-state index is 9.31. The molecule has 0 spiro atoms. The predicted octanol–water partition coefficient (Wildman–Crippen LogP) is 3.87. The van der Waals surface area contributed by atoms with Crippen LogP contribution in [0.15, 0.2) is 59.8 Å². The van der Waals surface area contributed by atoms with Gasteiger partial charge in [0, 0.05) is 11.1 Å². The van der Waals surface area contributed by atoms with E-state index >= 15 is 0 Å². The summed E-state index contributed by atoms with van der Waals surface area (Å²) in [7, 11) is 0. The van der Waals surface area contributed by atoms with Crippen LogP contribution in [-0.2, 0) is 6.42 Å². The number of aryl methyl sites for hydroxylation is 1. The number of nitrogens with zero attached hydrogens (tertiary/aromatic N) is 1. The lowest BCUT2D eigenvalue weighted by Crippen LogP contribution is -2.07. The largest absolute Gasteiger partial charge is 0.410 e. The van der Waals surface area contributed by atoms with Crippen LogP contribution in [-0.4, -0.2) is 10.9 Å². The monoisotopic (exact) mass is 239 g/mol. The molecule has 92 valence electrons. The van der Waals surface area contributed by atoms with Crippen LogP contribution in [0.1, 0.15) is 30.0 Å². The average molecular weight is 239 g/mol. The molecule has 2 rings (SSSR count). The summed E-state index contributed by atoms with van der Waals surface area (Å²) in [5, 5.41) is 12.8. The van der Waals surface area contributed by atoms with E-state index < -0.39 is 0 Å². The first-order valence-corrected chi connectivity index (χ1v) is 6.22. The van der Waals surface area contributed by atoms with Crippen LogP contribution >= 0.6 is 0 Å². The third-order valence-electron chi connectivity index (χ3n) is 2.94. The number of benzene rings is 2. The van der Waals surface area contributed by atoms with Crippen molar-refractivity contribution < 1.29 is 5.21 Å². The van der Waals surface area contributed by atoms with E-state index in [4.69, 9.17) is 0 Å². The summed E-state index contributed by atoms with van der Waals surface area (Å²) in [5.74, 6) is 0. The molecular formula is C16H17NO. The summed E-state index contributed by atoms with van der Waals surface area (Å²) in [5.41, 5.74) is 3.80. The molecule has 0 bridgehead atoms. The first-order valence-electron chi connectivity index (χ1n) is 6.22. The molecule has 2 nitrogen and oxygen atoms in total. The highest BCUT2D eigenvalue weighted by Crippen LogP contribution is 2.17. The SMILES string of the molecule is CCCc1ccccc1C(=NO)c1ccccc1. The van der Waals surface area contributed by atoms with Crippen LogP contribution in [0, 0.1) is 0 Å². The lowest BCUT2D eigenvalue weighted by atomic mass is 9.95. The summed E-state index contributed by atoms with van der Waals surface area (Å²) in [6.07, 6.45) is 2.06. The van der Waals surface area contributed by atoms with Gasteiger partial charge in [-0.3, -0.25) is 0 Å². The molecule has 0 heterocycles. The molecular weight excluding hydrogens is 222 g/mol. The van der Waals surface area contributed by atoms with Crippen LogP contribution in [0.2, 0.25) is 0 Å². The highest BCUT2D eigenvalue weighted by atomic mass is 16.4. The Morgan fingerprint density at radius 1 is 1.00 bits per heavy atom. The average Bonchev–Trinajstić information content (AvgIpc) is 2.43. The van der Waals surface area contributed by atoms with E-state index in [0.717, 1.165) is 24.0 Å². The number of oxime groups is 1. The molecule has 18 heavy (non-hydrogen) atoms. The molecule has 2 aromatic carbocycles. The number of hydrogen-bond acceptors (Lipinski definition) is 2. The Morgan fingerprint density at radius 3 is 2.33 bits per heavy atom. The Morgan fingerprint density at radius 2 is 1.67 bits per heavy atom. The number of rotatable bonds is 4. The molecule has 0 amide bonds. The van der Waals surface area contributed by atoms with E-state index in [9.17, 15) is 5.21 Å². The molecule has 0 aromatic heterocycles. The van der Waals surface area contributed by atoms with E-state index in [0.29, 0.717) is 5.71 Å². The standard InChI is InChI=1S/C16H17NO/c1-2-8-13-9-6-7-12-15(13)16(17-18)14-10-4-3-5-11-14/h3-7,9-12,18H,2,8H2,1H3. The maximum Gasteiger partial charge on any atom is 0.117 e. The van der Waals surface area contributed by atoms with Crippen molar-refractivity contribution in [2.45, 2.75) is 19.8 Å². The third-order valence-corrected chi connectivity index (χ3v) is 2.94. The Kier molecular flexibility index (Phi) is 4.13. The predicted molar refractivity (Wildman–Crippen MR) is 74.3 cm³/mol. The summed E-state index contributed by atoms with van der Waals surface area (Å²) in [4.78, 5) is 0. The molecule has 0 aliphatic heterocycles. The van der Waals surface area contributed by atoms with Gasteiger partial charge in [0.25, 0.3) is 0 Å². The quantitative estimate of drug-likeness (QED) is 0.490. The van der Waals surface area contributed by atoms with Gasteiger partial charge in [0.2, 0.25) is 0 Å². The van der Waals surface area contributed by atoms with Crippen molar-refractivity contribution in [2.75, 3.05) is 0 Å². The van der Waals surface area contributed by atoms with Crippen molar-refractivity contribution in [1.82, 2.24) is 0 Å². The highest BCUT2D eigenvalue weighted by molar-refractivity contribution is 6.13. The van der Waals surface area contributed by atoms with E-state index in [1.807, 2.05) is 48.5 Å². The van der Waals surface area contributed by atoms with Crippen LogP contribution in [0.3, 0.4) is 0 Å². The fourth-order valence-corrected chi connectivity index (χ4v) is 2.10. The normalized spacial score (nSPS) is 11.5. The second-order valence-corrected chi connectivity index (χ2v) is 4.22. The van der Waals surface area contributed by atoms with Crippen LogP contribution in [0.25, 0.3) is 0 Å². The zero-order valence-corrected chi connectivity index (χ0v) is 10.5. The van der Waals surface area contributed by atoms with Gasteiger partial charge in [-0.05, 0) is 12.0 Å². The van der Waals surface area contributed by atoms with Gasteiger partial charge < -0.3 is 5.21 Å². The summed E-state index contributed by atoms with van der Waals surface area (Å²) >= 11 is 0. The molecule has 0 fully saturated rings. The summed E-state index contributed by atoms with van der Waals surface area (Å²) in [6.45, 7) is 2.15. The molecule has 2 aromatic rings. The summed E-state index contributed by atoms with van der Waals surface area (Å²) in [6, 6.07) is 17.9. The lowest BCUT2D eigenvalue weighted by Gasteiger charge is -2.10. The van der Waals surface area contributed by atoms with Crippen molar-refractivity contribution >= 4 is 5.71 Å².